The minimum Gasteiger partial charge on any atom is -0.303 e. The molecule has 0 unspecified atom stereocenters. The van der Waals surface area contributed by atoms with Crippen LogP contribution in [0.5, 0.6) is 0 Å². The van der Waals surface area contributed by atoms with E-state index >= 15 is 0 Å². The summed E-state index contributed by atoms with van der Waals surface area (Å²) in [6.07, 6.45) is 2.48. The predicted molar refractivity (Wildman–Crippen MR) is 78.3 cm³/mol. The maximum Gasteiger partial charge on any atom is 0.299 e. The standard InChI is InChI=1S/C16H20N2O2/c1-11-9-12(2)14-13(10-11)15(19)16(20)18(14)8-7-17-5-3-4-6-17/h9-10H,3-8H2,1-2H3. The van der Waals surface area contributed by atoms with E-state index in [9.17, 15) is 9.59 Å². The molecule has 2 aliphatic heterocycles. The summed E-state index contributed by atoms with van der Waals surface area (Å²) in [4.78, 5) is 28.3. The van der Waals surface area contributed by atoms with Crippen molar-refractivity contribution in [2.24, 2.45) is 0 Å². The molecule has 2 aliphatic rings. The average Bonchev–Trinajstić information content (AvgIpc) is 2.98. The molecule has 106 valence electrons. The first-order valence-electron chi connectivity index (χ1n) is 7.28. The predicted octanol–water partition coefficient (Wildman–Crippen LogP) is 1.93. The molecular weight excluding hydrogens is 252 g/mol. The van der Waals surface area contributed by atoms with Crippen molar-refractivity contribution in [1.29, 1.82) is 0 Å². The van der Waals surface area contributed by atoms with Crippen LogP contribution in [0.2, 0.25) is 0 Å². The largest absolute Gasteiger partial charge is 0.303 e. The molecule has 0 bridgehead atoms. The van der Waals surface area contributed by atoms with Gasteiger partial charge in [0.2, 0.25) is 0 Å². The fraction of sp³-hybridized carbons (Fsp3) is 0.500. The van der Waals surface area contributed by atoms with Gasteiger partial charge in [0.15, 0.2) is 0 Å². The van der Waals surface area contributed by atoms with Gasteiger partial charge in [-0.05, 0) is 57.0 Å². The number of hydrogen-bond acceptors (Lipinski definition) is 3. The van der Waals surface area contributed by atoms with Crippen LogP contribution in [0.25, 0.3) is 0 Å². The summed E-state index contributed by atoms with van der Waals surface area (Å²) in [6, 6.07) is 3.87. The Morgan fingerprint density at radius 3 is 2.45 bits per heavy atom. The van der Waals surface area contributed by atoms with Crippen molar-refractivity contribution >= 4 is 17.4 Å². The molecule has 1 amide bonds. The number of ketones is 1. The molecule has 0 saturated carbocycles. The van der Waals surface area contributed by atoms with E-state index in [1.54, 1.807) is 4.90 Å². The van der Waals surface area contributed by atoms with Crippen LogP contribution in [0, 0.1) is 13.8 Å². The van der Waals surface area contributed by atoms with E-state index in [0.717, 1.165) is 36.4 Å². The third-order valence-electron chi connectivity index (χ3n) is 4.24. The number of carbonyl (C=O) groups excluding carboxylic acids is 2. The molecule has 4 nitrogen and oxygen atoms in total. The highest BCUT2D eigenvalue weighted by Gasteiger charge is 2.37. The third-order valence-corrected chi connectivity index (χ3v) is 4.24. The van der Waals surface area contributed by atoms with Crippen molar-refractivity contribution in [3.05, 3.63) is 28.8 Å². The molecule has 3 rings (SSSR count). The molecule has 4 heteroatoms. The number of likely N-dealkylation sites (tertiary alicyclic amines) is 1. The lowest BCUT2D eigenvalue weighted by molar-refractivity contribution is -0.114. The maximum absolute atomic E-state index is 12.2. The van der Waals surface area contributed by atoms with Gasteiger partial charge in [0.1, 0.15) is 0 Å². The van der Waals surface area contributed by atoms with Crippen molar-refractivity contribution < 1.29 is 9.59 Å². The van der Waals surface area contributed by atoms with Crippen molar-refractivity contribution in [1.82, 2.24) is 4.90 Å². The number of nitrogens with zero attached hydrogens (tertiary/aromatic N) is 2. The average molecular weight is 272 g/mol. The van der Waals surface area contributed by atoms with Crippen LogP contribution in [0.3, 0.4) is 0 Å². The highest BCUT2D eigenvalue weighted by Crippen LogP contribution is 2.33. The summed E-state index contributed by atoms with van der Waals surface area (Å²) in [6.45, 7) is 7.61. The number of rotatable bonds is 3. The molecule has 0 atom stereocenters. The maximum atomic E-state index is 12.2. The first kappa shape index (κ1) is 13.3. The molecule has 1 fully saturated rings. The van der Waals surface area contributed by atoms with Gasteiger partial charge in [0.25, 0.3) is 11.7 Å². The van der Waals surface area contributed by atoms with E-state index in [-0.39, 0.29) is 11.7 Å². The van der Waals surface area contributed by atoms with Gasteiger partial charge in [-0.1, -0.05) is 6.07 Å². The van der Waals surface area contributed by atoms with Gasteiger partial charge >= 0.3 is 0 Å². The Morgan fingerprint density at radius 2 is 1.75 bits per heavy atom. The number of amides is 1. The molecule has 0 spiro atoms. The molecule has 1 aromatic carbocycles. The molecule has 0 N–H and O–H groups in total. The van der Waals surface area contributed by atoms with Crippen molar-refractivity contribution in [3.63, 3.8) is 0 Å². The number of Topliss-reactive ketones (excluding diaryl/α,β-unsaturated/α-hetero) is 1. The number of carbonyl (C=O) groups is 2. The highest BCUT2D eigenvalue weighted by molar-refractivity contribution is 6.52. The Morgan fingerprint density at radius 1 is 1.05 bits per heavy atom. The van der Waals surface area contributed by atoms with Crippen molar-refractivity contribution in [3.8, 4) is 0 Å². The lowest BCUT2D eigenvalue weighted by Crippen LogP contribution is -2.37. The van der Waals surface area contributed by atoms with Crippen LogP contribution < -0.4 is 4.90 Å². The Bertz CT molecular complexity index is 574. The molecule has 2 heterocycles. The second-order valence-corrected chi connectivity index (χ2v) is 5.81. The zero-order valence-electron chi connectivity index (χ0n) is 12.1. The number of fused-ring (bicyclic) bond motifs is 1. The molecule has 0 aliphatic carbocycles. The molecule has 0 aromatic heterocycles. The van der Waals surface area contributed by atoms with Crippen molar-refractivity contribution in [2.45, 2.75) is 26.7 Å². The quantitative estimate of drug-likeness (QED) is 0.789. The minimum atomic E-state index is -0.368. The second-order valence-electron chi connectivity index (χ2n) is 5.81. The fourth-order valence-electron chi connectivity index (χ4n) is 3.29. The van der Waals surface area contributed by atoms with E-state index in [4.69, 9.17) is 0 Å². The summed E-state index contributed by atoms with van der Waals surface area (Å²) < 4.78 is 0. The normalized spacial score (nSPS) is 19.0. The Balaban J connectivity index is 1.85. The van der Waals surface area contributed by atoms with Gasteiger partial charge < -0.3 is 9.80 Å². The highest BCUT2D eigenvalue weighted by atomic mass is 16.2. The van der Waals surface area contributed by atoms with Crippen LogP contribution in [-0.2, 0) is 4.79 Å². The molecular formula is C16H20N2O2. The van der Waals surface area contributed by atoms with Gasteiger partial charge in [-0.15, -0.1) is 0 Å². The number of benzene rings is 1. The minimum absolute atomic E-state index is 0.353. The summed E-state index contributed by atoms with van der Waals surface area (Å²) in [5.41, 5.74) is 3.45. The van der Waals surface area contributed by atoms with E-state index in [1.807, 2.05) is 26.0 Å². The summed E-state index contributed by atoms with van der Waals surface area (Å²) in [5.74, 6) is -0.721. The zero-order valence-corrected chi connectivity index (χ0v) is 12.1. The Labute approximate surface area is 119 Å². The van der Waals surface area contributed by atoms with Crippen molar-refractivity contribution in [2.75, 3.05) is 31.1 Å². The first-order chi connectivity index (χ1) is 9.58. The van der Waals surface area contributed by atoms with Crippen LogP contribution in [0.1, 0.15) is 34.3 Å². The van der Waals surface area contributed by atoms with E-state index in [2.05, 4.69) is 4.90 Å². The van der Waals surface area contributed by atoms with Crippen LogP contribution in [0.15, 0.2) is 12.1 Å². The number of hydrogen-bond donors (Lipinski definition) is 0. The lowest BCUT2D eigenvalue weighted by Gasteiger charge is -2.22. The van der Waals surface area contributed by atoms with E-state index in [1.165, 1.54) is 12.8 Å². The van der Waals surface area contributed by atoms with E-state index in [0.29, 0.717) is 12.1 Å². The van der Waals surface area contributed by atoms with Crippen LogP contribution in [-0.4, -0.2) is 42.8 Å². The SMILES string of the molecule is Cc1cc(C)c2c(c1)C(=O)C(=O)N2CCN1CCCC1. The Hall–Kier alpha value is -1.68. The zero-order chi connectivity index (χ0) is 14.3. The Kier molecular flexibility index (Phi) is 3.34. The monoisotopic (exact) mass is 272 g/mol. The van der Waals surface area contributed by atoms with Gasteiger partial charge in [0, 0.05) is 13.1 Å². The summed E-state index contributed by atoms with van der Waals surface area (Å²) >= 11 is 0. The smallest absolute Gasteiger partial charge is 0.299 e. The second kappa shape index (κ2) is 5.02. The molecule has 1 saturated heterocycles. The fourth-order valence-corrected chi connectivity index (χ4v) is 3.29. The summed E-state index contributed by atoms with van der Waals surface area (Å²) in [5, 5.41) is 0. The van der Waals surface area contributed by atoms with E-state index < -0.39 is 0 Å². The van der Waals surface area contributed by atoms with Crippen LogP contribution >= 0.6 is 0 Å². The lowest BCUT2D eigenvalue weighted by atomic mass is 10.0. The molecule has 20 heavy (non-hydrogen) atoms. The number of aryl methyl sites for hydroxylation is 2. The van der Waals surface area contributed by atoms with Crippen LogP contribution in [0.4, 0.5) is 5.69 Å². The van der Waals surface area contributed by atoms with Gasteiger partial charge in [0.05, 0.1) is 11.3 Å². The van der Waals surface area contributed by atoms with Gasteiger partial charge in [-0.3, -0.25) is 9.59 Å². The van der Waals surface area contributed by atoms with Gasteiger partial charge in [-0.2, -0.15) is 0 Å². The molecule has 0 radical (unpaired) electrons. The van der Waals surface area contributed by atoms with Gasteiger partial charge in [-0.25, -0.2) is 0 Å². The third kappa shape index (κ3) is 2.14. The summed E-state index contributed by atoms with van der Waals surface area (Å²) in [7, 11) is 0. The first-order valence-corrected chi connectivity index (χ1v) is 7.28. The number of anilines is 1. The molecule has 1 aromatic rings. The topological polar surface area (TPSA) is 40.6 Å².